The molecule has 0 unspecified atom stereocenters. The molecule has 0 aliphatic heterocycles. The molecule has 2 aromatic carbocycles. The molecule has 9 nitrogen and oxygen atoms in total. The minimum absolute atomic E-state index is 0.0149. The van der Waals surface area contributed by atoms with Crippen LogP contribution in [0.25, 0.3) is 22.1 Å². The number of ether oxygens (including phenoxy) is 2. The number of carbonyl (C=O) groups is 1. The topological polar surface area (TPSA) is 109 Å². The van der Waals surface area contributed by atoms with Crippen molar-refractivity contribution < 1.29 is 23.1 Å². The van der Waals surface area contributed by atoms with Gasteiger partial charge in [0, 0.05) is 11.5 Å². The Bertz CT molecular complexity index is 1570. The number of aromatic nitrogens is 2. The highest BCUT2D eigenvalue weighted by molar-refractivity contribution is 7.99. The standard InChI is InChI=1S/C25H21N3O6S/c1-31-15-9-10-18(20(12-15)32-2)26-21(29)14-35-25-27-22-17-7-3-4-8-19(17)34-23(22)24(30)28(25)13-16-6-5-11-33-16/h3-12H,13-14H2,1-2H3,(H,26,29). The summed E-state index contributed by atoms with van der Waals surface area (Å²) >= 11 is 1.15. The molecular weight excluding hydrogens is 470 g/mol. The van der Waals surface area contributed by atoms with Crippen molar-refractivity contribution in [2.75, 3.05) is 25.3 Å². The third kappa shape index (κ3) is 4.47. The van der Waals surface area contributed by atoms with Crippen LogP contribution in [0.4, 0.5) is 5.69 Å². The van der Waals surface area contributed by atoms with E-state index in [0.29, 0.717) is 39.2 Å². The van der Waals surface area contributed by atoms with Gasteiger partial charge < -0.3 is 23.6 Å². The third-order valence-corrected chi connectivity index (χ3v) is 6.33. The van der Waals surface area contributed by atoms with Crippen molar-refractivity contribution in [3.63, 3.8) is 0 Å². The molecule has 0 atom stereocenters. The summed E-state index contributed by atoms with van der Waals surface area (Å²) < 4.78 is 23.2. The molecule has 0 aliphatic rings. The number of anilines is 1. The molecule has 0 saturated carbocycles. The Morgan fingerprint density at radius 1 is 1.11 bits per heavy atom. The van der Waals surface area contributed by atoms with Crippen LogP contribution in [0, 0.1) is 0 Å². The van der Waals surface area contributed by atoms with E-state index in [1.165, 1.54) is 17.9 Å². The maximum atomic E-state index is 13.4. The van der Waals surface area contributed by atoms with E-state index in [1.54, 1.807) is 43.5 Å². The van der Waals surface area contributed by atoms with E-state index < -0.39 is 0 Å². The molecule has 0 aliphatic carbocycles. The largest absolute Gasteiger partial charge is 0.497 e. The normalized spacial score (nSPS) is 11.1. The Kier molecular flexibility index (Phi) is 6.19. The Labute approximate surface area is 203 Å². The van der Waals surface area contributed by atoms with Crippen LogP contribution in [-0.2, 0) is 11.3 Å². The summed E-state index contributed by atoms with van der Waals surface area (Å²) in [6.07, 6.45) is 1.54. The number of para-hydroxylation sites is 1. The molecule has 35 heavy (non-hydrogen) atoms. The van der Waals surface area contributed by atoms with Gasteiger partial charge in [0.05, 0.1) is 38.5 Å². The number of fused-ring (bicyclic) bond motifs is 3. The second-order valence-corrected chi connectivity index (χ2v) is 8.49. The van der Waals surface area contributed by atoms with Crippen molar-refractivity contribution >= 4 is 45.4 Å². The highest BCUT2D eigenvalue weighted by atomic mass is 32.2. The molecule has 1 amide bonds. The van der Waals surface area contributed by atoms with Gasteiger partial charge in [-0.3, -0.25) is 14.2 Å². The van der Waals surface area contributed by atoms with E-state index in [9.17, 15) is 9.59 Å². The number of hydrogen-bond donors (Lipinski definition) is 1. The van der Waals surface area contributed by atoms with Crippen molar-refractivity contribution in [2.45, 2.75) is 11.7 Å². The van der Waals surface area contributed by atoms with Crippen LogP contribution in [0.3, 0.4) is 0 Å². The van der Waals surface area contributed by atoms with Crippen molar-refractivity contribution in [1.29, 1.82) is 0 Å². The third-order valence-electron chi connectivity index (χ3n) is 5.36. The molecule has 3 aromatic heterocycles. The van der Waals surface area contributed by atoms with E-state index in [-0.39, 0.29) is 29.3 Å². The second-order valence-electron chi connectivity index (χ2n) is 7.54. The van der Waals surface area contributed by atoms with Crippen LogP contribution in [0.5, 0.6) is 11.5 Å². The summed E-state index contributed by atoms with van der Waals surface area (Å²) in [6, 6.07) is 16.0. The monoisotopic (exact) mass is 491 g/mol. The number of hydrogen-bond acceptors (Lipinski definition) is 8. The zero-order valence-electron chi connectivity index (χ0n) is 18.9. The first-order chi connectivity index (χ1) is 17.1. The lowest BCUT2D eigenvalue weighted by molar-refractivity contribution is -0.113. The average molecular weight is 492 g/mol. The first kappa shape index (κ1) is 22.6. The molecule has 0 radical (unpaired) electrons. The Hall–Kier alpha value is -4.18. The molecule has 10 heteroatoms. The van der Waals surface area contributed by atoms with Crippen molar-refractivity contribution in [2.24, 2.45) is 0 Å². The van der Waals surface area contributed by atoms with Gasteiger partial charge in [-0.05, 0) is 36.4 Å². The minimum atomic E-state index is -0.345. The number of thioether (sulfide) groups is 1. The first-order valence-electron chi connectivity index (χ1n) is 10.7. The number of carbonyl (C=O) groups excluding carboxylic acids is 1. The summed E-state index contributed by atoms with van der Waals surface area (Å²) in [5.74, 6) is 1.40. The van der Waals surface area contributed by atoms with Crippen LogP contribution < -0.4 is 20.3 Å². The lowest BCUT2D eigenvalue weighted by atomic mass is 10.2. The lowest BCUT2D eigenvalue weighted by Gasteiger charge is -2.13. The summed E-state index contributed by atoms with van der Waals surface area (Å²) in [6.45, 7) is 0.155. The van der Waals surface area contributed by atoms with Gasteiger partial charge in [0.15, 0.2) is 5.16 Å². The predicted octanol–water partition coefficient (Wildman–Crippen LogP) is 4.53. The average Bonchev–Trinajstić information content (AvgIpc) is 3.53. The minimum Gasteiger partial charge on any atom is -0.497 e. The Balaban J connectivity index is 1.46. The van der Waals surface area contributed by atoms with Crippen molar-refractivity contribution in [3.05, 3.63) is 77.0 Å². The molecule has 178 valence electrons. The lowest BCUT2D eigenvalue weighted by Crippen LogP contribution is -2.24. The van der Waals surface area contributed by atoms with E-state index in [1.807, 2.05) is 18.2 Å². The number of methoxy groups -OCH3 is 2. The summed E-state index contributed by atoms with van der Waals surface area (Å²) in [4.78, 5) is 30.9. The molecule has 5 aromatic rings. The van der Waals surface area contributed by atoms with Crippen LogP contribution in [-0.4, -0.2) is 35.4 Å². The number of nitrogens with zero attached hydrogens (tertiary/aromatic N) is 2. The number of amides is 1. The van der Waals surface area contributed by atoms with Crippen molar-refractivity contribution in [3.8, 4) is 11.5 Å². The van der Waals surface area contributed by atoms with Crippen LogP contribution in [0.2, 0.25) is 0 Å². The smallest absolute Gasteiger partial charge is 0.298 e. The SMILES string of the molecule is COc1ccc(NC(=O)CSc2nc3c(oc4ccccc43)c(=O)n2Cc2ccco2)c(OC)c1. The van der Waals surface area contributed by atoms with Gasteiger partial charge in [0.25, 0.3) is 5.56 Å². The highest BCUT2D eigenvalue weighted by Gasteiger charge is 2.20. The fraction of sp³-hybridized carbons (Fsp3) is 0.160. The van der Waals surface area contributed by atoms with Gasteiger partial charge in [-0.1, -0.05) is 23.9 Å². The summed E-state index contributed by atoms with van der Waals surface area (Å²) in [5.41, 5.74) is 1.36. The van der Waals surface area contributed by atoms with Gasteiger partial charge in [-0.25, -0.2) is 4.98 Å². The fourth-order valence-corrected chi connectivity index (χ4v) is 4.47. The number of rotatable bonds is 8. The first-order valence-corrected chi connectivity index (χ1v) is 11.6. The van der Waals surface area contributed by atoms with Gasteiger partial charge in [0.2, 0.25) is 11.5 Å². The number of benzene rings is 2. The maximum absolute atomic E-state index is 13.4. The van der Waals surface area contributed by atoms with E-state index in [0.717, 1.165) is 17.1 Å². The fourth-order valence-electron chi connectivity index (χ4n) is 3.68. The summed E-state index contributed by atoms with van der Waals surface area (Å²) in [7, 11) is 3.07. The zero-order chi connectivity index (χ0) is 24.4. The molecule has 5 rings (SSSR count). The van der Waals surface area contributed by atoms with E-state index in [2.05, 4.69) is 5.32 Å². The van der Waals surface area contributed by atoms with Crippen LogP contribution >= 0.6 is 11.8 Å². The molecular formula is C25H21N3O6S. The highest BCUT2D eigenvalue weighted by Crippen LogP contribution is 2.30. The molecule has 0 saturated heterocycles. The Morgan fingerprint density at radius 3 is 2.74 bits per heavy atom. The van der Waals surface area contributed by atoms with Gasteiger partial charge in [-0.15, -0.1) is 0 Å². The molecule has 0 spiro atoms. The van der Waals surface area contributed by atoms with E-state index >= 15 is 0 Å². The maximum Gasteiger partial charge on any atom is 0.298 e. The van der Waals surface area contributed by atoms with Gasteiger partial charge >= 0.3 is 0 Å². The van der Waals surface area contributed by atoms with Crippen LogP contribution in [0.15, 0.2) is 79.6 Å². The van der Waals surface area contributed by atoms with Crippen LogP contribution in [0.1, 0.15) is 5.76 Å². The molecule has 0 bridgehead atoms. The predicted molar refractivity (Wildman–Crippen MR) is 132 cm³/mol. The molecule has 0 fully saturated rings. The Morgan fingerprint density at radius 2 is 1.97 bits per heavy atom. The number of nitrogens with one attached hydrogen (secondary N) is 1. The quantitative estimate of drug-likeness (QED) is 0.249. The van der Waals surface area contributed by atoms with Crippen molar-refractivity contribution in [1.82, 2.24) is 9.55 Å². The zero-order valence-corrected chi connectivity index (χ0v) is 19.8. The molecule has 3 heterocycles. The number of furan rings is 2. The van der Waals surface area contributed by atoms with Gasteiger partial charge in [0.1, 0.15) is 28.4 Å². The van der Waals surface area contributed by atoms with Gasteiger partial charge in [-0.2, -0.15) is 0 Å². The van der Waals surface area contributed by atoms with E-state index in [4.69, 9.17) is 23.3 Å². The summed E-state index contributed by atoms with van der Waals surface area (Å²) in [5, 5.41) is 3.94. The molecule has 1 N–H and O–H groups in total. The second kappa shape index (κ2) is 9.59.